The molecule has 0 saturated carbocycles. The summed E-state index contributed by atoms with van der Waals surface area (Å²) in [5.74, 6) is -1.60. The van der Waals surface area contributed by atoms with E-state index in [1.807, 2.05) is 0 Å². The second-order valence-corrected chi connectivity index (χ2v) is 3.33. The molecule has 1 rings (SSSR count). The molecule has 68 valence electrons. The third-order valence-corrected chi connectivity index (χ3v) is 2.47. The van der Waals surface area contributed by atoms with Gasteiger partial charge in [0.15, 0.2) is 0 Å². The lowest BCUT2D eigenvalue weighted by Gasteiger charge is -2.34. The third kappa shape index (κ3) is 1.29. The van der Waals surface area contributed by atoms with Crippen molar-refractivity contribution in [1.82, 2.24) is 0 Å². The number of esters is 1. The van der Waals surface area contributed by atoms with Crippen LogP contribution in [0.1, 0.15) is 26.7 Å². The molecule has 12 heavy (non-hydrogen) atoms. The van der Waals surface area contributed by atoms with Gasteiger partial charge in [0.05, 0.1) is 0 Å². The highest BCUT2D eigenvalue weighted by Crippen LogP contribution is 2.31. The number of ether oxygens (including phenoxy) is 1. The van der Waals surface area contributed by atoms with E-state index >= 15 is 0 Å². The summed E-state index contributed by atoms with van der Waals surface area (Å²) in [6.45, 7) is 3.22. The molecule has 1 fully saturated rings. The van der Waals surface area contributed by atoms with E-state index in [-0.39, 0.29) is 5.92 Å². The van der Waals surface area contributed by atoms with E-state index in [4.69, 9.17) is 9.84 Å². The van der Waals surface area contributed by atoms with Gasteiger partial charge in [-0.15, -0.1) is 0 Å². The van der Waals surface area contributed by atoms with Gasteiger partial charge < -0.3 is 9.84 Å². The molecule has 1 heterocycles. The van der Waals surface area contributed by atoms with Crippen molar-refractivity contribution >= 4 is 11.9 Å². The summed E-state index contributed by atoms with van der Waals surface area (Å²) in [6.07, 6.45) is 0.908. The number of carbonyl (C=O) groups excluding carboxylic acids is 1. The molecule has 1 saturated heterocycles. The van der Waals surface area contributed by atoms with Crippen molar-refractivity contribution in [2.24, 2.45) is 5.92 Å². The Morgan fingerprint density at radius 1 is 1.75 bits per heavy atom. The van der Waals surface area contributed by atoms with E-state index in [9.17, 15) is 9.59 Å². The minimum Gasteiger partial charge on any atom is -0.478 e. The first-order chi connectivity index (χ1) is 5.47. The summed E-state index contributed by atoms with van der Waals surface area (Å²) in [5, 5.41) is 8.81. The number of hydrogen-bond donors (Lipinski definition) is 1. The lowest BCUT2D eigenvalue weighted by Crippen LogP contribution is -2.49. The molecule has 0 spiro atoms. The first-order valence-corrected chi connectivity index (χ1v) is 3.92. The second kappa shape index (κ2) is 2.77. The van der Waals surface area contributed by atoms with Crippen LogP contribution in [-0.2, 0) is 14.3 Å². The predicted octanol–water partition coefficient (Wildman–Crippen LogP) is 0.803. The molecule has 2 unspecified atom stereocenters. The maximum absolute atomic E-state index is 10.8. The first kappa shape index (κ1) is 9.03. The highest BCUT2D eigenvalue weighted by atomic mass is 16.6. The lowest BCUT2D eigenvalue weighted by atomic mass is 9.85. The van der Waals surface area contributed by atoms with Gasteiger partial charge in [-0.3, -0.25) is 4.79 Å². The minimum atomic E-state index is -1.32. The lowest BCUT2D eigenvalue weighted by molar-refractivity contribution is -0.189. The van der Waals surface area contributed by atoms with Crippen LogP contribution in [0, 0.1) is 5.92 Å². The Bertz CT molecular complexity index is 223. The molecule has 0 bridgehead atoms. The van der Waals surface area contributed by atoms with Gasteiger partial charge in [-0.25, -0.2) is 4.79 Å². The first-order valence-electron chi connectivity index (χ1n) is 3.92. The topological polar surface area (TPSA) is 63.6 Å². The van der Waals surface area contributed by atoms with E-state index in [0.717, 1.165) is 0 Å². The smallest absolute Gasteiger partial charge is 0.348 e. The van der Waals surface area contributed by atoms with Crippen LogP contribution in [0.2, 0.25) is 0 Å². The van der Waals surface area contributed by atoms with Gasteiger partial charge in [-0.05, 0) is 13.3 Å². The van der Waals surface area contributed by atoms with Crippen molar-refractivity contribution in [2.75, 3.05) is 0 Å². The molecule has 0 aromatic rings. The fourth-order valence-electron chi connectivity index (χ4n) is 1.25. The molecule has 4 nitrogen and oxygen atoms in total. The average Bonchev–Trinajstić information content (AvgIpc) is 1.97. The second-order valence-electron chi connectivity index (χ2n) is 3.33. The van der Waals surface area contributed by atoms with Gasteiger partial charge >= 0.3 is 11.9 Å². The standard InChI is InChI=1S/C8H12O4/c1-5-3-4-6(9)12-8(5,2)7(10)11/h5H,3-4H2,1-2H3,(H,10,11). The molecule has 4 heteroatoms. The Morgan fingerprint density at radius 2 is 2.33 bits per heavy atom. The maximum atomic E-state index is 10.8. The normalized spacial score (nSPS) is 35.8. The van der Waals surface area contributed by atoms with Crippen LogP contribution in [-0.4, -0.2) is 22.6 Å². The van der Waals surface area contributed by atoms with E-state index in [1.165, 1.54) is 6.92 Å². The molecule has 0 aromatic heterocycles. The molecular formula is C8H12O4. The zero-order valence-electron chi connectivity index (χ0n) is 7.16. The molecule has 0 aromatic carbocycles. The summed E-state index contributed by atoms with van der Waals surface area (Å²) in [4.78, 5) is 21.6. The van der Waals surface area contributed by atoms with Crippen LogP contribution in [0.4, 0.5) is 0 Å². The Kier molecular flexibility index (Phi) is 2.08. The van der Waals surface area contributed by atoms with Crippen LogP contribution >= 0.6 is 0 Å². The van der Waals surface area contributed by atoms with Crippen molar-refractivity contribution in [2.45, 2.75) is 32.3 Å². The summed E-state index contributed by atoms with van der Waals surface area (Å²) in [5.41, 5.74) is -1.32. The van der Waals surface area contributed by atoms with Crippen molar-refractivity contribution in [3.8, 4) is 0 Å². The SMILES string of the molecule is CC1CCC(=O)OC1(C)C(=O)O. The number of carboxylic acids is 1. The molecule has 1 aliphatic rings. The molecule has 2 atom stereocenters. The minimum absolute atomic E-state index is 0.118. The Balaban J connectivity index is 2.85. The average molecular weight is 172 g/mol. The van der Waals surface area contributed by atoms with Crippen molar-refractivity contribution in [3.63, 3.8) is 0 Å². The van der Waals surface area contributed by atoms with Crippen LogP contribution in [0.3, 0.4) is 0 Å². The van der Waals surface area contributed by atoms with Crippen molar-refractivity contribution < 1.29 is 19.4 Å². The Labute approximate surface area is 70.5 Å². The quantitative estimate of drug-likeness (QED) is 0.594. The predicted molar refractivity (Wildman–Crippen MR) is 40.5 cm³/mol. The largest absolute Gasteiger partial charge is 0.478 e. The van der Waals surface area contributed by atoms with Crippen LogP contribution in [0.25, 0.3) is 0 Å². The van der Waals surface area contributed by atoms with Gasteiger partial charge in [0.1, 0.15) is 0 Å². The van der Waals surface area contributed by atoms with Gasteiger partial charge in [-0.2, -0.15) is 0 Å². The number of carboxylic acid groups (broad SMARTS) is 1. The molecular weight excluding hydrogens is 160 g/mol. The number of hydrogen-bond acceptors (Lipinski definition) is 3. The zero-order chi connectivity index (χ0) is 9.35. The molecule has 0 amide bonds. The number of rotatable bonds is 1. The molecule has 1 aliphatic heterocycles. The van der Waals surface area contributed by atoms with Gasteiger partial charge in [0, 0.05) is 12.3 Å². The maximum Gasteiger partial charge on any atom is 0.348 e. The molecule has 1 N–H and O–H groups in total. The van der Waals surface area contributed by atoms with Crippen molar-refractivity contribution in [3.05, 3.63) is 0 Å². The number of cyclic esters (lactones) is 1. The molecule has 0 radical (unpaired) electrons. The van der Waals surface area contributed by atoms with E-state index in [2.05, 4.69) is 0 Å². The summed E-state index contributed by atoms with van der Waals surface area (Å²) < 4.78 is 4.81. The van der Waals surface area contributed by atoms with Crippen molar-refractivity contribution in [1.29, 1.82) is 0 Å². The monoisotopic (exact) mass is 172 g/mol. The summed E-state index contributed by atoms with van der Waals surface area (Å²) in [7, 11) is 0. The summed E-state index contributed by atoms with van der Waals surface area (Å²) >= 11 is 0. The van der Waals surface area contributed by atoms with E-state index < -0.39 is 17.5 Å². The Morgan fingerprint density at radius 3 is 2.75 bits per heavy atom. The fourth-order valence-corrected chi connectivity index (χ4v) is 1.25. The highest BCUT2D eigenvalue weighted by molar-refractivity contribution is 5.83. The summed E-state index contributed by atoms with van der Waals surface area (Å²) in [6, 6.07) is 0. The zero-order valence-corrected chi connectivity index (χ0v) is 7.16. The number of carbonyl (C=O) groups is 2. The third-order valence-electron chi connectivity index (χ3n) is 2.47. The van der Waals surface area contributed by atoms with Crippen LogP contribution in [0.5, 0.6) is 0 Å². The van der Waals surface area contributed by atoms with Gasteiger partial charge in [0.2, 0.25) is 5.60 Å². The van der Waals surface area contributed by atoms with E-state index in [1.54, 1.807) is 6.92 Å². The highest BCUT2D eigenvalue weighted by Gasteiger charge is 2.45. The molecule has 0 aliphatic carbocycles. The van der Waals surface area contributed by atoms with Gasteiger partial charge in [-0.1, -0.05) is 6.92 Å². The van der Waals surface area contributed by atoms with E-state index in [0.29, 0.717) is 12.8 Å². The van der Waals surface area contributed by atoms with Gasteiger partial charge in [0.25, 0.3) is 0 Å². The number of aliphatic carboxylic acids is 1. The van der Waals surface area contributed by atoms with Crippen LogP contribution in [0.15, 0.2) is 0 Å². The van der Waals surface area contributed by atoms with Crippen LogP contribution < -0.4 is 0 Å². The Hall–Kier alpha value is -1.06. The fraction of sp³-hybridized carbons (Fsp3) is 0.750.